The van der Waals surface area contributed by atoms with E-state index in [0.717, 1.165) is 5.56 Å². The lowest BCUT2D eigenvalue weighted by molar-refractivity contribution is -0.156. The lowest BCUT2D eigenvalue weighted by Gasteiger charge is -2.22. The molecule has 0 aliphatic carbocycles. The Balaban J connectivity index is 2.87. The van der Waals surface area contributed by atoms with Crippen LogP contribution in [0.3, 0.4) is 0 Å². The number of hydrogen-bond donors (Lipinski definition) is 1. The molecule has 0 spiro atoms. The maximum atomic E-state index is 11.9. The van der Waals surface area contributed by atoms with Gasteiger partial charge in [0, 0.05) is 6.08 Å². The molecule has 0 saturated heterocycles. The Labute approximate surface area is 124 Å². The zero-order valence-electron chi connectivity index (χ0n) is 12.8. The molecule has 114 valence electrons. The van der Waals surface area contributed by atoms with Crippen molar-refractivity contribution in [1.29, 1.82) is 0 Å². The topological polar surface area (TPSA) is 78.6 Å². The smallest absolute Gasteiger partial charge is 0.330 e. The maximum absolute atomic E-state index is 11.9. The van der Waals surface area contributed by atoms with Gasteiger partial charge in [-0.3, -0.25) is 0 Å². The van der Waals surface area contributed by atoms with Crippen LogP contribution >= 0.6 is 0 Å². The minimum Gasteiger partial charge on any atom is -0.466 e. The molecule has 1 rings (SSSR count). The number of esters is 2. The Hall–Kier alpha value is -2.14. The van der Waals surface area contributed by atoms with E-state index < -0.39 is 23.6 Å². The molecular weight excluding hydrogens is 270 g/mol. The summed E-state index contributed by atoms with van der Waals surface area (Å²) >= 11 is 0. The lowest BCUT2D eigenvalue weighted by atomic mass is 10.0. The average molecular weight is 291 g/mol. The fraction of sp³-hybridized carbons (Fsp3) is 0.375. The van der Waals surface area contributed by atoms with E-state index in [9.17, 15) is 9.59 Å². The molecule has 5 heteroatoms. The van der Waals surface area contributed by atoms with E-state index in [1.165, 1.54) is 13.2 Å². The van der Waals surface area contributed by atoms with Crippen LogP contribution in [-0.4, -0.2) is 24.6 Å². The van der Waals surface area contributed by atoms with Crippen LogP contribution in [0.25, 0.3) is 6.08 Å². The van der Waals surface area contributed by atoms with E-state index in [4.69, 9.17) is 10.5 Å². The highest BCUT2D eigenvalue weighted by Gasteiger charge is 2.23. The van der Waals surface area contributed by atoms with E-state index >= 15 is 0 Å². The second-order valence-corrected chi connectivity index (χ2v) is 5.54. The Morgan fingerprint density at radius 2 is 1.95 bits per heavy atom. The molecule has 0 aliphatic rings. The van der Waals surface area contributed by atoms with Crippen molar-refractivity contribution in [2.75, 3.05) is 7.11 Å². The SMILES string of the molecule is COC(=O)/C=C/c1cccc(C(N)C(=O)OC(C)(C)C)c1. The van der Waals surface area contributed by atoms with E-state index in [1.807, 2.05) is 0 Å². The molecule has 0 aromatic heterocycles. The van der Waals surface area contributed by atoms with Crippen molar-refractivity contribution >= 4 is 18.0 Å². The first-order valence-electron chi connectivity index (χ1n) is 6.57. The molecule has 0 aliphatic heterocycles. The van der Waals surface area contributed by atoms with Gasteiger partial charge in [-0.05, 0) is 44.0 Å². The van der Waals surface area contributed by atoms with E-state index in [2.05, 4.69) is 4.74 Å². The maximum Gasteiger partial charge on any atom is 0.330 e. The first-order chi connectivity index (χ1) is 9.73. The van der Waals surface area contributed by atoms with Crippen LogP contribution in [0.15, 0.2) is 30.3 Å². The number of carbonyl (C=O) groups is 2. The number of nitrogens with two attached hydrogens (primary N) is 1. The van der Waals surface area contributed by atoms with Crippen molar-refractivity contribution in [3.05, 3.63) is 41.5 Å². The fourth-order valence-electron chi connectivity index (χ4n) is 1.59. The summed E-state index contributed by atoms with van der Waals surface area (Å²) in [5, 5.41) is 0. The van der Waals surface area contributed by atoms with Crippen molar-refractivity contribution in [3.63, 3.8) is 0 Å². The third kappa shape index (κ3) is 5.79. The third-order valence-corrected chi connectivity index (χ3v) is 2.54. The molecule has 1 atom stereocenters. The molecular formula is C16H21NO4. The second kappa shape index (κ2) is 7.04. The molecule has 1 aromatic carbocycles. The van der Waals surface area contributed by atoms with Crippen LogP contribution in [0, 0.1) is 0 Å². The monoisotopic (exact) mass is 291 g/mol. The first kappa shape index (κ1) is 16.9. The summed E-state index contributed by atoms with van der Waals surface area (Å²) in [7, 11) is 1.31. The Morgan fingerprint density at radius 1 is 1.29 bits per heavy atom. The van der Waals surface area contributed by atoms with Gasteiger partial charge in [0.15, 0.2) is 0 Å². The zero-order valence-corrected chi connectivity index (χ0v) is 12.8. The van der Waals surface area contributed by atoms with Gasteiger partial charge in [-0.1, -0.05) is 18.2 Å². The molecule has 1 unspecified atom stereocenters. The summed E-state index contributed by atoms with van der Waals surface area (Å²) in [5.41, 5.74) is 6.69. The van der Waals surface area contributed by atoms with Crippen LogP contribution in [-0.2, 0) is 19.1 Å². The number of carbonyl (C=O) groups excluding carboxylic acids is 2. The minimum absolute atomic E-state index is 0.447. The van der Waals surface area contributed by atoms with Crippen molar-refractivity contribution < 1.29 is 19.1 Å². The van der Waals surface area contributed by atoms with Gasteiger partial charge in [-0.15, -0.1) is 0 Å². The van der Waals surface area contributed by atoms with Gasteiger partial charge < -0.3 is 15.2 Å². The van der Waals surface area contributed by atoms with Crippen LogP contribution in [0.1, 0.15) is 37.9 Å². The van der Waals surface area contributed by atoms with Crippen molar-refractivity contribution in [2.24, 2.45) is 5.73 Å². The second-order valence-electron chi connectivity index (χ2n) is 5.54. The predicted molar refractivity (Wildman–Crippen MR) is 80.3 cm³/mol. The molecule has 0 fully saturated rings. The summed E-state index contributed by atoms with van der Waals surface area (Å²) in [6.07, 6.45) is 2.90. The fourth-order valence-corrected chi connectivity index (χ4v) is 1.59. The Kier molecular flexibility index (Phi) is 5.67. The molecule has 0 radical (unpaired) electrons. The van der Waals surface area contributed by atoms with Gasteiger partial charge in [0.25, 0.3) is 0 Å². The standard InChI is InChI=1S/C16H21NO4/c1-16(2,3)21-15(19)14(17)12-7-5-6-11(10-12)8-9-13(18)20-4/h5-10,14H,17H2,1-4H3/b9-8+. The lowest BCUT2D eigenvalue weighted by Crippen LogP contribution is -2.31. The van der Waals surface area contributed by atoms with E-state index in [0.29, 0.717) is 5.56 Å². The molecule has 1 aromatic rings. The van der Waals surface area contributed by atoms with Crippen LogP contribution in [0.4, 0.5) is 0 Å². The number of benzene rings is 1. The number of hydrogen-bond acceptors (Lipinski definition) is 5. The van der Waals surface area contributed by atoms with Gasteiger partial charge in [-0.2, -0.15) is 0 Å². The van der Waals surface area contributed by atoms with Gasteiger partial charge in [0.05, 0.1) is 7.11 Å². The van der Waals surface area contributed by atoms with Crippen LogP contribution < -0.4 is 5.73 Å². The summed E-state index contributed by atoms with van der Waals surface area (Å²) in [6.45, 7) is 5.35. The number of ether oxygens (including phenoxy) is 2. The van der Waals surface area contributed by atoms with E-state index in [-0.39, 0.29) is 0 Å². The molecule has 2 N–H and O–H groups in total. The van der Waals surface area contributed by atoms with Crippen LogP contribution in [0.5, 0.6) is 0 Å². The quantitative estimate of drug-likeness (QED) is 0.679. The van der Waals surface area contributed by atoms with E-state index in [1.54, 1.807) is 51.1 Å². The average Bonchev–Trinajstić information content (AvgIpc) is 2.42. The highest BCUT2D eigenvalue weighted by atomic mass is 16.6. The normalized spacial score (nSPS) is 13.0. The predicted octanol–water partition coefficient (Wildman–Crippen LogP) is 2.21. The molecule has 5 nitrogen and oxygen atoms in total. The molecule has 0 saturated carbocycles. The molecule has 21 heavy (non-hydrogen) atoms. The van der Waals surface area contributed by atoms with Crippen molar-refractivity contribution in [3.8, 4) is 0 Å². The zero-order chi connectivity index (χ0) is 16.0. The van der Waals surface area contributed by atoms with Gasteiger partial charge in [0.2, 0.25) is 0 Å². The largest absolute Gasteiger partial charge is 0.466 e. The highest BCUT2D eigenvalue weighted by Crippen LogP contribution is 2.18. The minimum atomic E-state index is -0.865. The first-order valence-corrected chi connectivity index (χ1v) is 6.57. The van der Waals surface area contributed by atoms with Gasteiger partial charge in [0.1, 0.15) is 11.6 Å². The molecule has 0 amide bonds. The Bertz CT molecular complexity index is 543. The summed E-state index contributed by atoms with van der Waals surface area (Å²) in [6, 6.07) is 6.16. The number of rotatable bonds is 4. The summed E-state index contributed by atoms with van der Waals surface area (Å²) in [4.78, 5) is 23.0. The summed E-state index contributed by atoms with van der Waals surface area (Å²) < 4.78 is 9.77. The highest BCUT2D eigenvalue weighted by molar-refractivity contribution is 5.87. The summed E-state index contributed by atoms with van der Waals surface area (Å²) in [5.74, 6) is -0.937. The van der Waals surface area contributed by atoms with Crippen molar-refractivity contribution in [2.45, 2.75) is 32.4 Å². The van der Waals surface area contributed by atoms with Crippen LogP contribution in [0.2, 0.25) is 0 Å². The van der Waals surface area contributed by atoms with Crippen molar-refractivity contribution in [1.82, 2.24) is 0 Å². The van der Waals surface area contributed by atoms with Gasteiger partial charge >= 0.3 is 11.9 Å². The number of methoxy groups -OCH3 is 1. The Morgan fingerprint density at radius 3 is 2.52 bits per heavy atom. The third-order valence-electron chi connectivity index (χ3n) is 2.54. The molecule has 0 heterocycles. The van der Waals surface area contributed by atoms with Gasteiger partial charge in [-0.25, -0.2) is 9.59 Å². The molecule has 0 bridgehead atoms.